The second kappa shape index (κ2) is 8.89. The standard InChI is InChI=1S/C24H18ClF3N4O2S2/c1-13-3-6-15(7-4-13)36(33,34)32-12-19(16-8-5-14(9-20(16)32)24(26,27)28)17-10-29-22(25)18-11-30-23(35-2)31-21(17)18/h3-9,11-12,17H,10H2,1-2H3. The third kappa shape index (κ3) is 4.18. The summed E-state index contributed by atoms with van der Waals surface area (Å²) in [6, 6.07) is 9.24. The zero-order chi connectivity index (χ0) is 25.8. The molecular formula is C24H18ClF3N4O2S2. The number of aliphatic imine (C=N–C) groups is 1. The Labute approximate surface area is 214 Å². The van der Waals surface area contributed by atoms with Crippen LogP contribution in [0.25, 0.3) is 10.9 Å². The Kier molecular flexibility index (Phi) is 6.12. The first kappa shape index (κ1) is 24.8. The molecule has 3 heterocycles. The molecule has 0 amide bonds. The highest BCUT2D eigenvalue weighted by Gasteiger charge is 2.34. The first-order valence-corrected chi connectivity index (χ1v) is 13.7. The van der Waals surface area contributed by atoms with Crippen molar-refractivity contribution in [2.75, 3.05) is 12.8 Å². The predicted molar refractivity (Wildman–Crippen MR) is 134 cm³/mol. The summed E-state index contributed by atoms with van der Waals surface area (Å²) in [5.41, 5.74) is 1.35. The molecule has 5 rings (SSSR count). The van der Waals surface area contributed by atoms with Gasteiger partial charge < -0.3 is 0 Å². The van der Waals surface area contributed by atoms with Gasteiger partial charge in [0.2, 0.25) is 0 Å². The van der Waals surface area contributed by atoms with Gasteiger partial charge in [-0.15, -0.1) is 0 Å². The zero-order valence-corrected chi connectivity index (χ0v) is 21.3. The van der Waals surface area contributed by atoms with E-state index in [2.05, 4.69) is 15.0 Å². The monoisotopic (exact) mass is 550 g/mol. The normalized spacial score (nSPS) is 16.2. The van der Waals surface area contributed by atoms with Crippen molar-refractivity contribution in [2.24, 2.45) is 4.99 Å². The Morgan fingerprint density at radius 3 is 2.53 bits per heavy atom. The van der Waals surface area contributed by atoms with Crippen LogP contribution < -0.4 is 0 Å². The number of aromatic nitrogens is 3. The second-order valence-electron chi connectivity index (χ2n) is 8.27. The highest BCUT2D eigenvalue weighted by molar-refractivity contribution is 7.98. The van der Waals surface area contributed by atoms with E-state index in [1.165, 1.54) is 36.2 Å². The van der Waals surface area contributed by atoms with E-state index < -0.39 is 27.7 Å². The Morgan fingerprint density at radius 2 is 1.86 bits per heavy atom. The van der Waals surface area contributed by atoms with Crippen molar-refractivity contribution in [2.45, 2.75) is 29.1 Å². The van der Waals surface area contributed by atoms with E-state index in [9.17, 15) is 21.6 Å². The summed E-state index contributed by atoms with van der Waals surface area (Å²) < 4.78 is 68.9. The molecule has 186 valence electrons. The van der Waals surface area contributed by atoms with Gasteiger partial charge in [0.05, 0.1) is 33.8 Å². The number of benzene rings is 2. The predicted octanol–water partition coefficient (Wildman–Crippen LogP) is 5.85. The fourth-order valence-corrected chi connectivity index (χ4v) is 6.12. The summed E-state index contributed by atoms with van der Waals surface area (Å²) in [5, 5.41) is 1.07. The maximum absolute atomic E-state index is 13.6. The summed E-state index contributed by atoms with van der Waals surface area (Å²) >= 11 is 7.62. The minimum atomic E-state index is -4.65. The van der Waals surface area contributed by atoms with E-state index >= 15 is 0 Å². The van der Waals surface area contributed by atoms with E-state index in [-0.39, 0.29) is 22.1 Å². The van der Waals surface area contributed by atoms with Crippen LogP contribution in [0.2, 0.25) is 0 Å². The smallest absolute Gasteiger partial charge is 0.271 e. The van der Waals surface area contributed by atoms with Crippen LogP contribution in [0.1, 0.15) is 33.9 Å². The number of thioether (sulfide) groups is 1. The van der Waals surface area contributed by atoms with Gasteiger partial charge in [0.15, 0.2) is 5.16 Å². The van der Waals surface area contributed by atoms with Crippen LogP contribution in [0.4, 0.5) is 13.2 Å². The van der Waals surface area contributed by atoms with Crippen molar-refractivity contribution < 1.29 is 21.6 Å². The van der Waals surface area contributed by atoms with Gasteiger partial charge in [-0.2, -0.15) is 13.2 Å². The minimum absolute atomic E-state index is 0.0361. The van der Waals surface area contributed by atoms with Gasteiger partial charge in [-0.25, -0.2) is 22.4 Å². The minimum Gasteiger partial charge on any atom is -0.271 e. The topological polar surface area (TPSA) is 77.2 Å². The summed E-state index contributed by atoms with van der Waals surface area (Å²) in [6.07, 6.45) is 0.0843. The molecule has 4 aromatic rings. The lowest BCUT2D eigenvalue weighted by Crippen LogP contribution is -2.19. The van der Waals surface area contributed by atoms with Gasteiger partial charge >= 0.3 is 6.18 Å². The largest absolute Gasteiger partial charge is 0.416 e. The van der Waals surface area contributed by atoms with Crippen molar-refractivity contribution in [1.29, 1.82) is 0 Å². The molecule has 0 spiro atoms. The molecule has 0 radical (unpaired) electrons. The molecule has 1 unspecified atom stereocenters. The fraction of sp³-hybridized carbons (Fsp3) is 0.208. The number of hydrogen-bond donors (Lipinski definition) is 0. The molecule has 1 atom stereocenters. The number of hydrogen-bond acceptors (Lipinski definition) is 6. The van der Waals surface area contributed by atoms with Gasteiger partial charge in [-0.1, -0.05) is 47.1 Å². The maximum Gasteiger partial charge on any atom is 0.416 e. The third-order valence-electron chi connectivity index (χ3n) is 6.03. The summed E-state index contributed by atoms with van der Waals surface area (Å²) in [5.74, 6) is -0.537. The molecule has 2 aromatic heterocycles. The highest BCUT2D eigenvalue weighted by Crippen LogP contribution is 2.40. The van der Waals surface area contributed by atoms with Gasteiger partial charge in [-0.05, 0) is 43.0 Å². The molecular weight excluding hydrogens is 533 g/mol. The van der Waals surface area contributed by atoms with Crippen LogP contribution in [-0.4, -0.2) is 40.3 Å². The second-order valence-corrected chi connectivity index (χ2v) is 11.2. The quantitative estimate of drug-likeness (QED) is 0.235. The fourth-order valence-electron chi connectivity index (χ4n) is 4.19. The van der Waals surface area contributed by atoms with Gasteiger partial charge in [0.25, 0.3) is 10.0 Å². The summed E-state index contributed by atoms with van der Waals surface area (Å²) in [6.45, 7) is 1.97. The Hall–Kier alpha value is -2.89. The Balaban J connectivity index is 1.78. The van der Waals surface area contributed by atoms with Crippen molar-refractivity contribution in [3.63, 3.8) is 0 Å². The average Bonchev–Trinajstić information content (AvgIpc) is 3.23. The number of fused-ring (bicyclic) bond motifs is 2. The van der Waals surface area contributed by atoms with Crippen molar-refractivity contribution >= 4 is 49.5 Å². The maximum atomic E-state index is 13.6. The van der Waals surface area contributed by atoms with Gasteiger partial charge in [0, 0.05) is 23.7 Å². The lowest BCUT2D eigenvalue weighted by molar-refractivity contribution is -0.137. The van der Waals surface area contributed by atoms with Crippen LogP contribution in [0.15, 0.2) is 69.9 Å². The number of aryl methyl sites for hydroxylation is 1. The molecule has 1 aliphatic rings. The van der Waals surface area contributed by atoms with E-state index in [1.54, 1.807) is 18.3 Å². The van der Waals surface area contributed by atoms with Crippen molar-refractivity contribution in [1.82, 2.24) is 13.9 Å². The summed E-state index contributed by atoms with van der Waals surface area (Å²) in [7, 11) is -4.21. The SMILES string of the molecule is CSc1ncc2c(n1)C(c1cn(S(=O)(=O)c3ccc(C)cc3)c3cc(C(F)(F)F)ccc13)CN=C2Cl. The molecule has 6 nitrogen and oxygen atoms in total. The molecule has 1 aliphatic heterocycles. The molecule has 12 heteroatoms. The van der Waals surface area contributed by atoms with Crippen LogP contribution >= 0.6 is 23.4 Å². The zero-order valence-electron chi connectivity index (χ0n) is 18.9. The molecule has 0 saturated carbocycles. The van der Waals surface area contributed by atoms with Crippen LogP contribution in [0.5, 0.6) is 0 Å². The molecule has 2 aromatic carbocycles. The van der Waals surface area contributed by atoms with E-state index in [1.807, 2.05) is 13.2 Å². The molecule has 0 aliphatic carbocycles. The van der Waals surface area contributed by atoms with Crippen LogP contribution in [0, 0.1) is 6.92 Å². The molecule has 36 heavy (non-hydrogen) atoms. The first-order valence-electron chi connectivity index (χ1n) is 10.7. The Bertz CT molecular complexity index is 1630. The first-order chi connectivity index (χ1) is 17.0. The average molecular weight is 551 g/mol. The molecule has 0 N–H and O–H groups in total. The number of nitrogens with zero attached hydrogens (tertiary/aromatic N) is 4. The number of rotatable bonds is 4. The van der Waals surface area contributed by atoms with E-state index in [4.69, 9.17) is 11.6 Å². The molecule has 0 saturated heterocycles. The number of alkyl halides is 3. The van der Waals surface area contributed by atoms with Crippen LogP contribution in [0.3, 0.4) is 0 Å². The van der Waals surface area contributed by atoms with Crippen molar-refractivity contribution in [3.8, 4) is 0 Å². The van der Waals surface area contributed by atoms with Gasteiger partial charge in [-0.3, -0.25) is 4.99 Å². The lowest BCUT2D eigenvalue weighted by Gasteiger charge is -2.21. The van der Waals surface area contributed by atoms with E-state index in [0.29, 0.717) is 27.4 Å². The molecule has 0 fully saturated rings. The Morgan fingerprint density at radius 1 is 1.14 bits per heavy atom. The highest BCUT2D eigenvalue weighted by atomic mass is 35.5. The van der Waals surface area contributed by atoms with E-state index in [0.717, 1.165) is 21.7 Å². The van der Waals surface area contributed by atoms with Gasteiger partial charge in [0.1, 0.15) is 5.17 Å². The lowest BCUT2D eigenvalue weighted by atomic mass is 9.91. The van der Waals surface area contributed by atoms with Crippen LogP contribution in [-0.2, 0) is 16.2 Å². The summed E-state index contributed by atoms with van der Waals surface area (Å²) in [4.78, 5) is 13.1. The van der Waals surface area contributed by atoms with Crippen molar-refractivity contribution in [3.05, 3.63) is 82.8 Å². The number of halogens is 4. The molecule has 0 bridgehead atoms. The third-order valence-corrected chi connectivity index (χ3v) is 8.60.